The van der Waals surface area contributed by atoms with Gasteiger partial charge in [0, 0.05) is 105 Å². The molecule has 1 aliphatic heterocycles. The Labute approximate surface area is 734 Å². The highest BCUT2D eigenvalue weighted by molar-refractivity contribution is 7.78. The summed E-state index contributed by atoms with van der Waals surface area (Å²) in [6.45, 7) is 14.7. The maximum Gasteiger partial charge on any atom is 0.336 e. The number of ether oxygens (including phenoxy) is 14. The van der Waals surface area contributed by atoms with Gasteiger partial charge in [0.1, 0.15) is 34.7 Å². The van der Waals surface area contributed by atoms with Gasteiger partial charge in [0.05, 0.1) is 202 Å². The van der Waals surface area contributed by atoms with Gasteiger partial charge in [0.2, 0.25) is 29.5 Å². The molecular formula is C89H126N8O27S. The number of amides is 6. The SMILES string of the molecule is CC(=O)CCOCCOCCOCCOCCOCCOCCOCCOCCNC(=O)CCOCCNC(=O)C(CCCCNC(=O)CCOCCOCCOCCOCCN=C=S)CC(=O)Cc1ccc2ccccc2c1.CNCCCCC(NC(=O)CCOCCNC(=O)c1ccc(-c2c3ccc(=O)cc-3oc3cc(O)ccc23)c(C(=O)O)c1)C(N)=O. The number of Topliss-reactive ketones (excluding diaryl/α,β-unsaturated/α-hetero) is 2. The Bertz CT molecular complexity index is 4210. The number of nitrogens with zero attached hydrogens (tertiary/aromatic N) is 1. The number of isothiocyanates is 1. The highest BCUT2D eigenvalue weighted by Gasteiger charge is 2.26. The number of fused-ring (bicyclic) bond motifs is 3. The first kappa shape index (κ1) is 106. The average molecular weight is 1770 g/mol. The molecule has 1 aliphatic carbocycles. The molecular weight excluding hydrogens is 1650 g/mol. The molecule has 1 heterocycles. The number of aliphatic imine (C=N–C) groups is 1. The number of carbonyl (C=O) groups is 9. The van der Waals surface area contributed by atoms with Crippen molar-refractivity contribution < 1.29 is 124 Å². The number of hydrogen-bond acceptors (Lipinski definition) is 29. The second-order valence-corrected chi connectivity index (χ2v) is 28.5. The fourth-order valence-electron chi connectivity index (χ4n) is 12.1. The number of primary amides is 1. The van der Waals surface area contributed by atoms with E-state index < -0.39 is 29.7 Å². The van der Waals surface area contributed by atoms with Gasteiger partial charge in [-0.2, -0.15) is 0 Å². The Morgan fingerprint density at radius 2 is 0.976 bits per heavy atom. The number of ketones is 2. The molecule has 0 saturated carbocycles. The number of hydrogen-bond donors (Lipinski definition) is 9. The molecule has 2 atom stereocenters. The average Bonchev–Trinajstić information content (AvgIpc) is 0.746. The minimum Gasteiger partial charge on any atom is -0.508 e. The van der Waals surface area contributed by atoms with E-state index in [2.05, 4.69) is 54.3 Å². The number of aromatic carboxylic acids is 1. The third-order valence-corrected chi connectivity index (χ3v) is 18.6. The maximum absolute atomic E-state index is 13.4. The maximum atomic E-state index is 13.4. The second-order valence-electron chi connectivity index (χ2n) is 28.3. The van der Waals surface area contributed by atoms with Gasteiger partial charge in [-0.1, -0.05) is 55.0 Å². The zero-order valence-electron chi connectivity index (χ0n) is 72.0. The van der Waals surface area contributed by atoms with Crippen LogP contribution < -0.4 is 43.1 Å². The number of nitrogens with two attached hydrogens (primary N) is 1. The molecule has 0 radical (unpaired) electrons. The highest BCUT2D eigenvalue weighted by atomic mass is 32.1. The minimum absolute atomic E-state index is 0.00352. The van der Waals surface area contributed by atoms with Crippen LogP contribution in [-0.4, -0.2) is 306 Å². The van der Waals surface area contributed by atoms with Crippen LogP contribution in [0.3, 0.4) is 0 Å². The third kappa shape index (κ3) is 48.7. The Morgan fingerprint density at radius 3 is 1.53 bits per heavy atom. The smallest absolute Gasteiger partial charge is 0.336 e. The van der Waals surface area contributed by atoms with Crippen molar-refractivity contribution in [3.8, 4) is 28.2 Å². The summed E-state index contributed by atoms with van der Waals surface area (Å²) in [5.41, 5.74) is 7.41. The van der Waals surface area contributed by atoms with Gasteiger partial charge >= 0.3 is 5.97 Å². The predicted octanol–water partition coefficient (Wildman–Crippen LogP) is 6.02. The van der Waals surface area contributed by atoms with Crippen LogP contribution in [-0.2, 0) is 106 Å². The van der Waals surface area contributed by atoms with Crippen molar-refractivity contribution in [1.82, 2.24) is 31.9 Å². The number of phenolic OH excluding ortho intramolecular Hbond substituents is 1. The molecule has 36 heteroatoms. The van der Waals surface area contributed by atoms with E-state index >= 15 is 0 Å². The van der Waals surface area contributed by atoms with E-state index in [1.807, 2.05) is 49.5 Å². The summed E-state index contributed by atoms with van der Waals surface area (Å²) < 4.78 is 82.3. The van der Waals surface area contributed by atoms with Gasteiger partial charge in [0.15, 0.2) is 5.43 Å². The minimum atomic E-state index is -1.27. The van der Waals surface area contributed by atoms with Gasteiger partial charge in [0.25, 0.3) is 5.91 Å². The number of carboxylic acid groups (broad SMARTS) is 1. The molecule has 4 aromatic rings. The lowest BCUT2D eigenvalue weighted by molar-refractivity contribution is -0.129. The molecule has 6 amide bonds. The zero-order valence-corrected chi connectivity index (χ0v) is 72.8. The normalized spacial score (nSPS) is 11.7. The monoisotopic (exact) mass is 1770 g/mol. The number of rotatable bonds is 74. The standard InChI is InChI=1S/C56H90N4O18S.C33H36N4O9/c1-48(61)11-18-67-24-28-71-33-36-75-38-40-77-42-43-78-41-39-76-37-35-74-31-27-70-22-16-59-55(64)12-19-66-23-17-60-56(65)52(46-53(62)45-49-9-10-50-6-2-3-7-51(50)44-49)8-4-5-14-58-54(63)13-20-68-25-29-72-32-34-73-30-26-69-21-15-57-47-79;1-35-12-3-2-4-26(31(34)41)37-29(40)11-14-45-15-13-36-32(42)19-5-8-22(25(16-19)33(43)44)30-23-9-6-20(38)17-27(23)46-28-18-21(39)7-10-24(28)30/h2-3,6-7,9-10,44,52H,4-5,8,11-43,45-46H2,1H3,(H,58,63)(H,59,64)(H,60,65);5-10,16-18,26,35,38H,2-4,11-15H2,1H3,(H2,34,41)(H,36,42)(H,37,40)(H,43,44). The van der Waals surface area contributed by atoms with Gasteiger partial charge in [-0.15, -0.1) is 0 Å². The van der Waals surface area contributed by atoms with Crippen molar-refractivity contribution in [2.45, 2.75) is 90.0 Å². The van der Waals surface area contributed by atoms with Gasteiger partial charge in [-0.05, 0) is 123 Å². The fourth-order valence-corrected chi connectivity index (χ4v) is 12.2. The molecule has 4 aromatic carbocycles. The van der Waals surface area contributed by atoms with Gasteiger partial charge in [-0.25, -0.2) is 9.79 Å². The number of aromatic hydroxyl groups is 1. The number of nitrogens with one attached hydrogen (secondary N) is 6. The topological polar surface area (TPSA) is 464 Å². The van der Waals surface area contributed by atoms with Crippen molar-refractivity contribution in [2.24, 2.45) is 16.6 Å². The van der Waals surface area contributed by atoms with Crippen molar-refractivity contribution in [3.05, 3.63) is 124 Å². The van der Waals surface area contributed by atoms with Gasteiger partial charge in [-0.3, -0.25) is 43.2 Å². The Morgan fingerprint density at radius 1 is 0.488 bits per heavy atom. The van der Waals surface area contributed by atoms with E-state index in [0.717, 1.165) is 35.7 Å². The lowest BCUT2D eigenvalue weighted by atomic mass is 9.90. The Kier molecular flexibility index (Phi) is 57.5. The van der Waals surface area contributed by atoms with Crippen LogP contribution in [0.15, 0.2) is 111 Å². The predicted molar refractivity (Wildman–Crippen MR) is 469 cm³/mol. The lowest BCUT2D eigenvalue weighted by Crippen LogP contribution is -2.44. The summed E-state index contributed by atoms with van der Waals surface area (Å²) in [5.74, 6) is -3.65. The molecule has 10 N–H and O–H groups in total. The van der Waals surface area contributed by atoms with Crippen LogP contribution in [0.2, 0.25) is 0 Å². The van der Waals surface area contributed by atoms with E-state index in [0.29, 0.717) is 220 Å². The van der Waals surface area contributed by atoms with Crippen LogP contribution in [0.5, 0.6) is 5.75 Å². The van der Waals surface area contributed by atoms with E-state index in [-0.39, 0.29) is 153 Å². The van der Waals surface area contributed by atoms with Crippen LogP contribution in [0.25, 0.3) is 44.2 Å². The van der Waals surface area contributed by atoms with Crippen molar-refractivity contribution in [2.75, 3.05) is 231 Å². The molecule has 0 spiro atoms. The number of benzene rings is 5. The zero-order chi connectivity index (χ0) is 90.0. The summed E-state index contributed by atoms with van der Waals surface area (Å²) >= 11 is 4.50. The quantitative estimate of drug-likeness (QED) is 0.00912. The largest absolute Gasteiger partial charge is 0.508 e. The molecule has 6 rings (SSSR count). The Hall–Kier alpha value is -9.54. The van der Waals surface area contributed by atoms with Crippen molar-refractivity contribution in [3.63, 3.8) is 0 Å². The first-order valence-electron chi connectivity index (χ1n) is 42.4. The number of carboxylic acids is 1. The van der Waals surface area contributed by atoms with Crippen LogP contribution in [0, 0.1) is 5.92 Å². The third-order valence-electron chi connectivity index (χ3n) is 18.5. The molecule has 2 unspecified atom stereocenters. The summed E-state index contributed by atoms with van der Waals surface area (Å²) in [6, 6.07) is 26.0. The number of carbonyl (C=O) groups excluding carboxylic acids is 8. The summed E-state index contributed by atoms with van der Waals surface area (Å²) in [7, 11) is 1.83. The van der Waals surface area contributed by atoms with E-state index in [4.69, 9.17) is 76.5 Å². The Balaban J connectivity index is 0.000000507. The molecule has 2 aliphatic rings. The molecule has 125 heavy (non-hydrogen) atoms. The van der Waals surface area contributed by atoms with E-state index in [9.17, 15) is 58.2 Å². The molecule has 0 fully saturated rings. The van der Waals surface area contributed by atoms with Crippen molar-refractivity contribution >= 4 is 92.1 Å². The summed E-state index contributed by atoms with van der Waals surface area (Å²) in [6.07, 6.45) is 4.87. The molecule has 0 saturated heterocycles. The highest BCUT2D eigenvalue weighted by Crippen LogP contribution is 2.42. The molecule has 35 nitrogen and oxygen atoms in total. The van der Waals surface area contributed by atoms with Crippen LogP contribution in [0.4, 0.5) is 0 Å². The molecule has 690 valence electrons. The van der Waals surface area contributed by atoms with Crippen LogP contribution in [0.1, 0.15) is 104 Å². The fraction of sp³-hybridized carbons (Fsp3) is 0.562. The first-order valence-corrected chi connectivity index (χ1v) is 42.8. The van der Waals surface area contributed by atoms with E-state index in [1.165, 1.54) is 49.4 Å². The lowest BCUT2D eigenvalue weighted by Gasteiger charge is -2.17. The van der Waals surface area contributed by atoms with E-state index in [1.54, 1.807) is 12.1 Å². The number of phenols is 1. The molecule has 0 aromatic heterocycles. The summed E-state index contributed by atoms with van der Waals surface area (Å²) in [4.78, 5) is 127. The van der Waals surface area contributed by atoms with Crippen LogP contribution >= 0.6 is 12.2 Å². The van der Waals surface area contributed by atoms with Crippen molar-refractivity contribution in [1.29, 1.82) is 0 Å². The number of thiocarbonyl (C=S) groups is 1. The second kappa shape index (κ2) is 67.8. The number of unbranched alkanes of at least 4 members (excludes halogenated alkanes) is 2. The molecule has 0 bridgehead atoms. The summed E-state index contributed by atoms with van der Waals surface area (Å²) in [5, 5.41) is 41.9. The van der Waals surface area contributed by atoms with Gasteiger partial charge < -0.3 is 119 Å². The first-order chi connectivity index (χ1) is 60.9.